The van der Waals surface area contributed by atoms with E-state index in [0.717, 1.165) is 50.5 Å². The van der Waals surface area contributed by atoms with Crippen molar-refractivity contribution in [3.63, 3.8) is 0 Å². The van der Waals surface area contributed by atoms with Crippen molar-refractivity contribution in [2.75, 3.05) is 0 Å². The fourth-order valence-corrected chi connectivity index (χ4v) is 3.47. The zero-order chi connectivity index (χ0) is 16.7. The van der Waals surface area contributed by atoms with Crippen LogP contribution in [0.3, 0.4) is 0 Å². The summed E-state index contributed by atoms with van der Waals surface area (Å²) in [6.45, 7) is 2.18. The molecule has 0 saturated heterocycles. The molecule has 1 saturated carbocycles. The Morgan fingerprint density at radius 3 is 2.48 bits per heavy atom. The molecule has 0 aromatic heterocycles. The van der Waals surface area contributed by atoms with Crippen molar-refractivity contribution in [3.8, 4) is 5.75 Å². The minimum atomic E-state index is -0.602. The summed E-state index contributed by atoms with van der Waals surface area (Å²) in [5, 5.41) is 9.38. The molecule has 0 aliphatic heterocycles. The van der Waals surface area contributed by atoms with E-state index in [1.807, 2.05) is 12.1 Å². The number of aromatic hydroxyl groups is 1. The summed E-state index contributed by atoms with van der Waals surface area (Å²) in [6, 6.07) is 6.88. The van der Waals surface area contributed by atoms with Gasteiger partial charge in [-0.25, -0.2) is 0 Å². The van der Waals surface area contributed by atoms with Gasteiger partial charge in [0.05, 0.1) is 5.60 Å². The number of amides is 1. The van der Waals surface area contributed by atoms with Gasteiger partial charge in [0.2, 0.25) is 5.91 Å². The van der Waals surface area contributed by atoms with E-state index in [9.17, 15) is 9.90 Å². The zero-order valence-corrected chi connectivity index (χ0v) is 14.1. The minimum Gasteiger partial charge on any atom is -0.508 e. The summed E-state index contributed by atoms with van der Waals surface area (Å²) < 4.78 is 6.34. The Morgan fingerprint density at radius 2 is 1.91 bits per heavy atom. The maximum Gasteiger partial charge on any atom is 0.246 e. The second-order valence-electron chi connectivity index (χ2n) is 6.73. The van der Waals surface area contributed by atoms with Crippen LogP contribution in [-0.4, -0.2) is 22.7 Å². The van der Waals surface area contributed by atoms with Crippen LogP contribution < -0.4 is 5.73 Å². The van der Waals surface area contributed by atoms with Gasteiger partial charge in [0.25, 0.3) is 0 Å². The van der Waals surface area contributed by atoms with Crippen molar-refractivity contribution in [2.45, 2.75) is 76.4 Å². The van der Waals surface area contributed by atoms with Crippen LogP contribution in [0.25, 0.3) is 0 Å². The van der Waals surface area contributed by atoms with E-state index < -0.39 is 12.0 Å². The Morgan fingerprint density at radius 1 is 1.26 bits per heavy atom. The largest absolute Gasteiger partial charge is 0.508 e. The first-order chi connectivity index (χ1) is 11.0. The van der Waals surface area contributed by atoms with E-state index >= 15 is 0 Å². The maximum absolute atomic E-state index is 11.9. The Labute approximate surface area is 139 Å². The number of phenolic OH excluding ortho intramolecular Hbond substituents is 1. The Kier molecular flexibility index (Phi) is 6.46. The Hall–Kier alpha value is -1.55. The summed E-state index contributed by atoms with van der Waals surface area (Å²) in [4.78, 5) is 11.9. The molecule has 3 N–H and O–H groups in total. The molecule has 0 heterocycles. The highest BCUT2D eigenvalue weighted by molar-refractivity contribution is 5.79. The lowest BCUT2D eigenvalue weighted by Gasteiger charge is -2.39. The van der Waals surface area contributed by atoms with E-state index in [1.54, 1.807) is 12.1 Å². The van der Waals surface area contributed by atoms with Crippen LogP contribution in [-0.2, 0) is 16.0 Å². The summed E-state index contributed by atoms with van der Waals surface area (Å²) in [6.07, 6.45) is 8.72. The molecule has 1 amide bonds. The van der Waals surface area contributed by atoms with Gasteiger partial charge in [-0.1, -0.05) is 51.2 Å². The SMILES string of the molecule is CCCCC1(OC(Cc2ccc(O)cc2)C(N)=O)CCCCC1. The minimum absolute atomic E-state index is 0.190. The Bertz CT molecular complexity index is 492. The van der Waals surface area contributed by atoms with E-state index in [0.29, 0.717) is 6.42 Å². The molecule has 1 fully saturated rings. The molecule has 1 aromatic rings. The van der Waals surface area contributed by atoms with Gasteiger partial charge < -0.3 is 15.6 Å². The number of primary amides is 1. The topological polar surface area (TPSA) is 72.6 Å². The average Bonchev–Trinajstić information content (AvgIpc) is 2.55. The second-order valence-corrected chi connectivity index (χ2v) is 6.73. The lowest BCUT2D eigenvalue weighted by atomic mass is 9.80. The monoisotopic (exact) mass is 319 g/mol. The normalized spacial score (nSPS) is 18.5. The van der Waals surface area contributed by atoms with Gasteiger partial charge in [0.15, 0.2) is 0 Å². The fraction of sp³-hybridized carbons (Fsp3) is 0.632. The molecule has 0 bridgehead atoms. The molecule has 0 spiro atoms. The summed E-state index contributed by atoms with van der Waals surface area (Å²) >= 11 is 0. The molecule has 2 rings (SSSR count). The molecule has 4 nitrogen and oxygen atoms in total. The quantitative estimate of drug-likeness (QED) is 0.767. The van der Waals surface area contributed by atoms with Crippen molar-refractivity contribution in [1.82, 2.24) is 0 Å². The fourth-order valence-electron chi connectivity index (χ4n) is 3.47. The molecule has 1 atom stereocenters. The van der Waals surface area contributed by atoms with Gasteiger partial charge in [-0.2, -0.15) is 0 Å². The van der Waals surface area contributed by atoms with Gasteiger partial charge in [-0.05, 0) is 37.0 Å². The average molecular weight is 319 g/mol. The predicted molar refractivity (Wildman–Crippen MR) is 91.2 cm³/mol. The molecule has 1 aromatic carbocycles. The third kappa shape index (κ3) is 5.24. The molecule has 1 aliphatic rings. The van der Waals surface area contributed by atoms with Crippen molar-refractivity contribution < 1.29 is 14.6 Å². The van der Waals surface area contributed by atoms with E-state index in [1.165, 1.54) is 6.42 Å². The number of hydrogen-bond acceptors (Lipinski definition) is 3. The van der Waals surface area contributed by atoms with E-state index in [4.69, 9.17) is 10.5 Å². The number of ether oxygens (including phenoxy) is 1. The summed E-state index contributed by atoms with van der Waals surface area (Å²) in [5.74, 6) is -0.184. The standard InChI is InChI=1S/C19H29NO3/c1-2-3-11-19(12-5-4-6-13-19)23-17(18(20)22)14-15-7-9-16(21)10-8-15/h7-10,17,21H,2-6,11-14H2,1H3,(H2,20,22). The lowest BCUT2D eigenvalue weighted by Crippen LogP contribution is -2.44. The molecule has 1 aliphatic carbocycles. The first kappa shape index (κ1) is 17.8. The van der Waals surface area contributed by atoms with Crippen molar-refractivity contribution in [1.29, 1.82) is 0 Å². The van der Waals surface area contributed by atoms with Crippen molar-refractivity contribution in [3.05, 3.63) is 29.8 Å². The van der Waals surface area contributed by atoms with Crippen LogP contribution in [0.2, 0.25) is 0 Å². The molecular weight excluding hydrogens is 290 g/mol. The highest BCUT2D eigenvalue weighted by atomic mass is 16.5. The first-order valence-electron chi connectivity index (χ1n) is 8.80. The molecule has 23 heavy (non-hydrogen) atoms. The number of rotatable bonds is 8. The molecule has 4 heteroatoms. The molecule has 1 unspecified atom stereocenters. The number of unbranched alkanes of at least 4 members (excludes halogenated alkanes) is 1. The number of nitrogens with two attached hydrogens (primary N) is 1. The van der Waals surface area contributed by atoms with Crippen LogP contribution in [0, 0.1) is 0 Å². The van der Waals surface area contributed by atoms with Gasteiger partial charge in [-0.15, -0.1) is 0 Å². The van der Waals surface area contributed by atoms with Crippen LogP contribution in [0.1, 0.15) is 63.9 Å². The van der Waals surface area contributed by atoms with Crippen molar-refractivity contribution in [2.24, 2.45) is 5.73 Å². The third-order valence-corrected chi connectivity index (χ3v) is 4.82. The number of carbonyl (C=O) groups is 1. The third-order valence-electron chi connectivity index (χ3n) is 4.82. The maximum atomic E-state index is 11.9. The summed E-state index contributed by atoms with van der Waals surface area (Å²) in [7, 11) is 0. The molecule has 0 radical (unpaired) electrons. The number of hydrogen-bond donors (Lipinski definition) is 2. The number of carbonyl (C=O) groups excluding carboxylic acids is 1. The zero-order valence-electron chi connectivity index (χ0n) is 14.1. The summed E-state index contributed by atoms with van der Waals surface area (Å²) in [5.41, 5.74) is 6.37. The van der Waals surface area contributed by atoms with Gasteiger partial charge in [-0.3, -0.25) is 4.79 Å². The van der Waals surface area contributed by atoms with Crippen molar-refractivity contribution >= 4 is 5.91 Å². The molecular formula is C19H29NO3. The highest BCUT2D eigenvalue weighted by Crippen LogP contribution is 2.37. The number of phenols is 1. The van der Waals surface area contributed by atoms with Crippen LogP contribution in [0.4, 0.5) is 0 Å². The van der Waals surface area contributed by atoms with Gasteiger partial charge >= 0.3 is 0 Å². The highest BCUT2D eigenvalue weighted by Gasteiger charge is 2.36. The second kappa shape index (κ2) is 8.34. The first-order valence-corrected chi connectivity index (χ1v) is 8.80. The van der Waals surface area contributed by atoms with Gasteiger partial charge in [0.1, 0.15) is 11.9 Å². The van der Waals surface area contributed by atoms with Crippen LogP contribution in [0.5, 0.6) is 5.75 Å². The van der Waals surface area contributed by atoms with E-state index in [-0.39, 0.29) is 11.4 Å². The Balaban J connectivity index is 2.08. The molecule has 128 valence electrons. The van der Waals surface area contributed by atoms with E-state index in [2.05, 4.69) is 6.92 Å². The smallest absolute Gasteiger partial charge is 0.246 e. The van der Waals surface area contributed by atoms with Gasteiger partial charge in [0, 0.05) is 6.42 Å². The predicted octanol–water partition coefficient (Wildman–Crippen LogP) is 3.70. The lowest BCUT2D eigenvalue weighted by molar-refractivity contribution is -0.152. The van der Waals surface area contributed by atoms with Crippen LogP contribution >= 0.6 is 0 Å². The number of benzene rings is 1. The van der Waals surface area contributed by atoms with Crippen LogP contribution in [0.15, 0.2) is 24.3 Å².